The Balaban J connectivity index is 2.51. The molecule has 0 saturated carbocycles. The van der Waals surface area contributed by atoms with Gasteiger partial charge in [0.25, 0.3) is 0 Å². The topological polar surface area (TPSA) is 4.93 Å². The monoisotopic (exact) mass is 265 g/mol. The van der Waals surface area contributed by atoms with Crippen LogP contribution in [-0.4, -0.2) is 9.82 Å². The van der Waals surface area contributed by atoms with Gasteiger partial charge >= 0.3 is 0 Å². The molecule has 18 heavy (non-hydrogen) atoms. The van der Waals surface area contributed by atoms with Crippen molar-refractivity contribution in [2.75, 3.05) is 0 Å². The van der Waals surface area contributed by atoms with Crippen LogP contribution in [0.1, 0.15) is 39.4 Å². The molecule has 0 aliphatic rings. The van der Waals surface area contributed by atoms with Crippen molar-refractivity contribution >= 4 is 22.7 Å². The fraction of sp³-hybridized carbons (Fsp3) is 0.467. The molecule has 0 amide bonds. The van der Waals surface area contributed by atoms with Crippen LogP contribution in [0.5, 0.6) is 0 Å². The fourth-order valence-corrected chi connectivity index (χ4v) is 2.97. The average molecular weight is 265 g/mol. The van der Waals surface area contributed by atoms with Crippen LogP contribution >= 0.6 is 11.8 Å². The maximum Gasteiger partial charge on any atom is 0.132 e. The standard InChI is InChI=1S/C15H20FNS/c1-10(2)17-12(9-18-11(3)4)8-13-14(16)6-5-7-15(13)17/h5-8,10-11H,9H2,1-4H3. The second-order valence-corrected chi connectivity index (χ2v) is 6.70. The quantitative estimate of drug-likeness (QED) is 0.753. The molecule has 0 saturated heterocycles. The van der Waals surface area contributed by atoms with Gasteiger partial charge in [0.1, 0.15) is 5.82 Å². The van der Waals surface area contributed by atoms with Gasteiger partial charge in [-0.3, -0.25) is 0 Å². The SMILES string of the molecule is CC(C)SCc1cc2c(F)cccc2n1C(C)C. The third-order valence-electron chi connectivity index (χ3n) is 2.99. The Hall–Kier alpha value is -0.960. The number of nitrogens with zero attached hydrogens (tertiary/aromatic N) is 1. The van der Waals surface area contributed by atoms with Crippen molar-refractivity contribution in [1.29, 1.82) is 0 Å². The highest BCUT2D eigenvalue weighted by Crippen LogP contribution is 2.29. The molecule has 3 heteroatoms. The summed E-state index contributed by atoms with van der Waals surface area (Å²) in [5.74, 6) is 0.812. The Morgan fingerprint density at radius 3 is 2.56 bits per heavy atom. The van der Waals surface area contributed by atoms with Crippen LogP contribution in [-0.2, 0) is 5.75 Å². The van der Waals surface area contributed by atoms with E-state index in [0.717, 1.165) is 16.7 Å². The molecule has 1 aromatic carbocycles. The second-order valence-electron chi connectivity index (χ2n) is 5.13. The van der Waals surface area contributed by atoms with E-state index in [1.54, 1.807) is 6.07 Å². The molecule has 0 fully saturated rings. The molecule has 0 bridgehead atoms. The van der Waals surface area contributed by atoms with Crippen LogP contribution in [0, 0.1) is 5.82 Å². The van der Waals surface area contributed by atoms with Crippen LogP contribution in [0.25, 0.3) is 10.9 Å². The van der Waals surface area contributed by atoms with Gasteiger partial charge in [-0.15, -0.1) is 0 Å². The minimum absolute atomic E-state index is 0.123. The van der Waals surface area contributed by atoms with E-state index in [1.165, 1.54) is 11.8 Å². The van der Waals surface area contributed by atoms with Gasteiger partial charge in [-0.1, -0.05) is 19.9 Å². The van der Waals surface area contributed by atoms with E-state index in [-0.39, 0.29) is 5.82 Å². The Morgan fingerprint density at radius 1 is 1.22 bits per heavy atom. The van der Waals surface area contributed by atoms with Crippen molar-refractivity contribution in [3.8, 4) is 0 Å². The van der Waals surface area contributed by atoms with Gasteiger partial charge in [0, 0.05) is 22.9 Å². The first-order chi connectivity index (χ1) is 8.50. The molecule has 0 aliphatic heterocycles. The van der Waals surface area contributed by atoms with Gasteiger partial charge in [-0.05, 0) is 37.3 Å². The Bertz CT molecular complexity index is 543. The molecule has 2 aromatic rings. The minimum Gasteiger partial charge on any atom is -0.341 e. The molecular weight excluding hydrogens is 245 g/mol. The molecular formula is C15H20FNS. The molecule has 0 aliphatic carbocycles. The van der Waals surface area contributed by atoms with E-state index in [2.05, 4.69) is 32.3 Å². The van der Waals surface area contributed by atoms with Crippen molar-refractivity contribution in [3.63, 3.8) is 0 Å². The van der Waals surface area contributed by atoms with Crippen LogP contribution in [0.4, 0.5) is 4.39 Å². The van der Waals surface area contributed by atoms with E-state index >= 15 is 0 Å². The van der Waals surface area contributed by atoms with Crippen molar-refractivity contribution in [3.05, 3.63) is 35.8 Å². The zero-order chi connectivity index (χ0) is 13.3. The molecule has 0 atom stereocenters. The summed E-state index contributed by atoms with van der Waals surface area (Å²) in [4.78, 5) is 0. The maximum atomic E-state index is 13.8. The van der Waals surface area contributed by atoms with Gasteiger partial charge in [0.15, 0.2) is 0 Å². The first kappa shape index (κ1) is 13.5. The molecule has 1 aromatic heterocycles. The lowest BCUT2D eigenvalue weighted by Gasteiger charge is -2.15. The van der Waals surface area contributed by atoms with E-state index in [9.17, 15) is 4.39 Å². The summed E-state index contributed by atoms with van der Waals surface area (Å²) in [6.07, 6.45) is 0. The number of benzene rings is 1. The lowest BCUT2D eigenvalue weighted by atomic mass is 10.2. The highest BCUT2D eigenvalue weighted by molar-refractivity contribution is 7.99. The Labute approximate surface area is 112 Å². The normalized spacial score (nSPS) is 11.9. The summed E-state index contributed by atoms with van der Waals surface area (Å²) in [6.45, 7) is 8.67. The van der Waals surface area contributed by atoms with Gasteiger partial charge in [0.2, 0.25) is 0 Å². The first-order valence-electron chi connectivity index (χ1n) is 6.40. The van der Waals surface area contributed by atoms with Crippen molar-refractivity contribution < 1.29 is 4.39 Å². The molecule has 0 radical (unpaired) electrons. The number of aromatic nitrogens is 1. The predicted molar refractivity (Wildman–Crippen MR) is 78.7 cm³/mol. The van der Waals surface area contributed by atoms with Crippen molar-refractivity contribution in [1.82, 2.24) is 4.57 Å². The summed E-state index contributed by atoms with van der Waals surface area (Å²) in [7, 11) is 0. The van der Waals surface area contributed by atoms with E-state index < -0.39 is 0 Å². The average Bonchev–Trinajstić information content (AvgIpc) is 2.66. The lowest BCUT2D eigenvalue weighted by molar-refractivity contribution is 0.604. The highest BCUT2D eigenvalue weighted by atomic mass is 32.2. The Kier molecular flexibility index (Phi) is 4.00. The number of hydrogen-bond donors (Lipinski definition) is 0. The summed E-state index contributed by atoms with van der Waals surface area (Å²) < 4.78 is 16.1. The number of fused-ring (bicyclic) bond motifs is 1. The van der Waals surface area contributed by atoms with Crippen LogP contribution in [0.15, 0.2) is 24.3 Å². The zero-order valence-electron chi connectivity index (χ0n) is 11.4. The Morgan fingerprint density at radius 2 is 1.94 bits per heavy atom. The second kappa shape index (κ2) is 5.35. The number of halogens is 1. The summed E-state index contributed by atoms with van der Waals surface area (Å²) in [5.41, 5.74) is 2.22. The van der Waals surface area contributed by atoms with Crippen LogP contribution < -0.4 is 0 Å². The van der Waals surface area contributed by atoms with Gasteiger partial charge in [-0.2, -0.15) is 11.8 Å². The molecule has 98 valence electrons. The lowest BCUT2D eigenvalue weighted by Crippen LogP contribution is -2.05. The summed E-state index contributed by atoms with van der Waals surface area (Å²) in [5, 5.41) is 1.33. The van der Waals surface area contributed by atoms with E-state index in [1.807, 2.05) is 23.9 Å². The van der Waals surface area contributed by atoms with Gasteiger partial charge in [0.05, 0.1) is 5.52 Å². The fourth-order valence-electron chi connectivity index (χ4n) is 2.24. The largest absolute Gasteiger partial charge is 0.341 e. The number of rotatable bonds is 4. The molecule has 1 heterocycles. The summed E-state index contributed by atoms with van der Waals surface area (Å²) >= 11 is 1.89. The number of hydrogen-bond acceptors (Lipinski definition) is 1. The maximum absolute atomic E-state index is 13.8. The first-order valence-corrected chi connectivity index (χ1v) is 7.45. The zero-order valence-corrected chi connectivity index (χ0v) is 12.2. The molecule has 2 rings (SSSR count). The van der Waals surface area contributed by atoms with Crippen molar-refractivity contribution in [2.45, 2.75) is 44.7 Å². The molecule has 0 unspecified atom stereocenters. The van der Waals surface area contributed by atoms with Crippen LogP contribution in [0.2, 0.25) is 0 Å². The number of thioether (sulfide) groups is 1. The highest BCUT2D eigenvalue weighted by Gasteiger charge is 2.14. The van der Waals surface area contributed by atoms with Crippen molar-refractivity contribution in [2.24, 2.45) is 0 Å². The summed E-state index contributed by atoms with van der Waals surface area (Å²) in [6, 6.07) is 7.68. The predicted octanol–water partition coefficient (Wildman–Crippen LogP) is 5.00. The molecule has 0 N–H and O–H groups in total. The molecule has 0 spiro atoms. The minimum atomic E-state index is -0.123. The smallest absolute Gasteiger partial charge is 0.132 e. The third-order valence-corrected chi connectivity index (χ3v) is 4.12. The third kappa shape index (κ3) is 2.56. The molecule has 1 nitrogen and oxygen atoms in total. The van der Waals surface area contributed by atoms with Gasteiger partial charge in [-0.25, -0.2) is 4.39 Å². The van der Waals surface area contributed by atoms with Gasteiger partial charge < -0.3 is 4.57 Å². The van der Waals surface area contributed by atoms with Crippen LogP contribution in [0.3, 0.4) is 0 Å². The van der Waals surface area contributed by atoms with E-state index in [4.69, 9.17) is 0 Å². The van der Waals surface area contributed by atoms with E-state index in [0.29, 0.717) is 11.3 Å².